The van der Waals surface area contributed by atoms with Gasteiger partial charge in [-0.25, -0.2) is 13.6 Å². The molecule has 4 aromatic rings. The first-order chi connectivity index (χ1) is 21.1. The number of aromatic nitrogens is 2. The van der Waals surface area contributed by atoms with E-state index in [1.165, 1.54) is 23.0 Å². The van der Waals surface area contributed by atoms with Crippen molar-refractivity contribution in [1.82, 2.24) is 14.9 Å². The Bertz CT molecular complexity index is 1970. The fraction of sp³-hybridized carbons (Fsp3) is 0.375. The average molecular weight is 672 g/mol. The number of carbonyl (C=O) groups excluding carboxylic acids is 1. The molecule has 12 heteroatoms. The molecular formula is C32H29Cl2FN4O3S2. The van der Waals surface area contributed by atoms with Gasteiger partial charge in [-0.3, -0.25) is 9.52 Å². The molecule has 1 aliphatic heterocycles. The van der Waals surface area contributed by atoms with Crippen LogP contribution in [0, 0.1) is 11.2 Å². The van der Waals surface area contributed by atoms with Crippen molar-refractivity contribution in [2.45, 2.75) is 56.1 Å². The number of thiazole rings is 1. The molecule has 1 N–H and O–H groups in total. The Morgan fingerprint density at radius 1 is 1.14 bits per heavy atom. The van der Waals surface area contributed by atoms with Crippen LogP contribution in [0.25, 0.3) is 27.0 Å². The van der Waals surface area contributed by atoms with Crippen LogP contribution < -0.4 is 9.62 Å². The first-order valence-electron chi connectivity index (χ1n) is 14.8. The Morgan fingerprint density at radius 2 is 1.84 bits per heavy atom. The van der Waals surface area contributed by atoms with Gasteiger partial charge in [-0.1, -0.05) is 51.8 Å². The normalized spacial score (nSPS) is 20.8. The lowest BCUT2D eigenvalue weighted by atomic mass is 9.63. The zero-order valence-corrected chi connectivity index (χ0v) is 26.9. The fourth-order valence-electron chi connectivity index (χ4n) is 6.47. The number of carbonyl (C=O) groups is 1. The predicted molar refractivity (Wildman–Crippen MR) is 176 cm³/mol. The SMILES string of the molecule is C=S(=O)(NC(=O)c1cc(F)c2nc(N3CCC4(C=C(c5c(-c6c(Cl)cccc6Cl)noc5C5CC5)C4)CC3)sc2c1)C1CC1. The van der Waals surface area contributed by atoms with Crippen LogP contribution in [0.4, 0.5) is 9.52 Å². The molecular weight excluding hydrogens is 642 g/mol. The van der Waals surface area contributed by atoms with Gasteiger partial charge in [0.1, 0.15) is 17.0 Å². The van der Waals surface area contributed by atoms with E-state index in [1.807, 2.05) is 18.2 Å². The molecule has 2 saturated carbocycles. The van der Waals surface area contributed by atoms with Crippen LogP contribution in [0.1, 0.15) is 72.5 Å². The summed E-state index contributed by atoms with van der Waals surface area (Å²) in [6.45, 7) is 1.57. The Balaban J connectivity index is 1.01. The van der Waals surface area contributed by atoms with Gasteiger partial charge >= 0.3 is 0 Å². The summed E-state index contributed by atoms with van der Waals surface area (Å²) in [6.07, 6.45) is 8.92. The topological polar surface area (TPSA) is 88.3 Å². The Hall–Kier alpha value is -2.92. The lowest BCUT2D eigenvalue weighted by Gasteiger charge is -2.46. The van der Waals surface area contributed by atoms with Crippen LogP contribution in [0.5, 0.6) is 0 Å². The molecule has 228 valence electrons. The second-order valence-corrected chi connectivity index (χ2v) is 16.6. The number of rotatable bonds is 7. The number of nitrogens with one attached hydrogen (secondary N) is 1. The van der Waals surface area contributed by atoms with Gasteiger partial charge in [-0.15, -0.1) is 0 Å². The molecule has 1 spiro atoms. The maximum absolute atomic E-state index is 15.1. The molecule has 0 bridgehead atoms. The quantitative estimate of drug-likeness (QED) is 0.201. The lowest BCUT2D eigenvalue weighted by molar-refractivity contribution is 0.0982. The monoisotopic (exact) mass is 670 g/mol. The average Bonchev–Trinajstić information content (AvgIpc) is 3.91. The van der Waals surface area contributed by atoms with E-state index in [0.29, 0.717) is 26.2 Å². The Labute approximate surface area is 268 Å². The first-order valence-corrected chi connectivity index (χ1v) is 18.2. The van der Waals surface area contributed by atoms with Crippen molar-refractivity contribution in [2.75, 3.05) is 18.0 Å². The van der Waals surface area contributed by atoms with Crippen molar-refractivity contribution in [3.63, 3.8) is 0 Å². The highest BCUT2D eigenvalue weighted by atomic mass is 35.5. The van der Waals surface area contributed by atoms with Crippen molar-refractivity contribution >= 4 is 76.9 Å². The molecule has 8 rings (SSSR count). The molecule has 2 aromatic carbocycles. The van der Waals surface area contributed by atoms with Crippen molar-refractivity contribution in [1.29, 1.82) is 0 Å². The second kappa shape index (κ2) is 10.3. The molecule has 1 atom stereocenters. The molecule has 7 nitrogen and oxygen atoms in total. The van der Waals surface area contributed by atoms with Crippen molar-refractivity contribution in [3.8, 4) is 11.3 Å². The van der Waals surface area contributed by atoms with Crippen LogP contribution in [-0.4, -0.2) is 44.5 Å². The number of allylic oxidation sites excluding steroid dienone is 2. The van der Waals surface area contributed by atoms with Gasteiger partial charge in [0.25, 0.3) is 5.91 Å². The molecule has 1 unspecified atom stereocenters. The third kappa shape index (κ3) is 4.94. The minimum absolute atomic E-state index is 0.0710. The van der Waals surface area contributed by atoms with E-state index in [1.54, 1.807) is 6.07 Å². The van der Waals surface area contributed by atoms with Crippen LogP contribution in [0.2, 0.25) is 10.0 Å². The maximum atomic E-state index is 15.1. The lowest BCUT2D eigenvalue weighted by Crippen LogP contribution is -2.42. The summed E-state index contributed by atoms with van der Waals surface area (Å²) in [7, 11) is -2.73. The highest BCUT2D eigenvalue weighted by Gasteiger charge is 2.44. The number of piperidine rings is 1. The standard InChI is InChI=1S/C32H29Cl2FN4O3S2/c1-44(41,20-7-8-20)38-30(40)18-13-23(35)27-24(14-18)43-31(36-27)39-11-9-32(10-12-39)15-19(16-32)25-28(37-42-29(25)17-5-6-17)26-21(33)3-2-4-22(26)34/h2-4,13-15,17,20H,1,5-12,16H2,(H,38,40,41). The minimum Gasteiger partial charge on any atom is -0.360 e. The molecule has 44 heavy (non-hydrogen) atoms. The van der Waals surface area contributed by atoms with Gasteiger partial charge in [-0.05, 0) is 86.1 Å². The second-order valence-electron chi connectivity index (χ2n) is 12.5. The Morgan fingerprint density at radius 3 is 2.50 bits per heavy atom. The number of hydrogen-bond acceptors (Lipinski definition) is 7. The molecule has 2 aromatic heterocycles. The maximum Gasteiger partial charge on any atom is 0.262 e. The zero-order chi connectivity index (χ0) is 30.4. The summed E-state index contributed by atoms with van der Waals surface area (Å²) >= 11 is 14.5. The van der Waals surface area contributed by atoms with Crippen LogP contribution in [0.15, 0.2) is 40.9 Å². The third-order valence-corrected chi connectivity index (χ3v) is 13.0. The highest BCUT2D eigenvalue weighted by molar-refractivity contribution is 7.99. The molecule has 1 saturated heterocycles. The Kier molecular flexibility index (Phi) is 6.68. The summed E-state index contributed by atoms with van der Waals surface area (Å²) in [5, 5.41) is 6.20. The molecule has 3 fully saturated rings. The number of nitrogens with zero attached hydrogens (tertiary/aromatic N) is 3. The molecule has 3 heterocycles. The number of hydrogen-bond donors (Lipinski definition) is 1. The van der Waals surface area contributed by atoms with Crippen molar-refractivity contribution in [3.05, 3.63) is 69.2 Å². The molecule has 1 amide bonds. The summed E-state index contributed by atoms with van der Waals surface area (Å²) in [5.74, 6) is 3.88. The van der Waals surface area contributed by atoms with E-state index >= 15 is 4.39 Å². The smallest absolute Gasteiger partial charge is 0.262 e. The largest absolute Gasteiger partial charge is 0.360 e. The number of fused-ring (bicyclic) bond motifs is 1. The molecule has 4 aliphatic rings. The van der Waals surface area contributed by atoms with Gasteiger partial charge in [0.2, 0.25) is 0 Å². The van der Waals surface area contributed by atoms with E-state index in [-0.39, 0.29) is 21.7 Å². The summed E-state index contributed by atoms with van der Waals surface area (Å²) in [6, 6.07) is 8.27. The summed E-state index contributed by atoms with van der Waals surface area (Å²) < 4.78 is 36.7. The van der Waals surface area contributed by atoms with E-state index in [0.717, 1.165) is 80.2 Å². The highest BCUT2D eigenvalue weighted by Crippen LogP contribution is 2.56. The van der Waals surface area contributed by atoms with Gasteiger partial charge in [0.05, 0.1) is 24.5 Å². The van der Waals surface area contributed by atoms with Gasteiger partial charge in [0, 0.05) is 40.9 Å². The van der Waals surface area contributed by atoms with Crippen LogP contribution >= 0.6 is 34.5 Å². The zero-order valence-electron chi connectivity index (χ0n) is 23.7. The first kappa shape index (κ1) is 28.5. The molecule has 3 aliphatic carbocycles. The summed E-state index contributed by atoms with van der Waals surface area (Å²) in [5.41, 5.74) is 4.15. The number of benzene rings is 2. The summed E-state index contributed by atoms with van der Waals surface area (Å²) in [4.78, 5) is 19.6. The number of halogens is 3. The number of anilines is 1. The van der Waals surface area contributed by atoms with E-state index in [4.69, 9.17) is 27.7 Å². The van der Waals surface area contributed by atoms with E-state index < -0.39 is 21.4 Å². The van der Waals surface area contributed by atoms with Crippen molar-refractivity contribution in [2.24, 2.45) is 5.41 Å². The minimum atomic E-state index is -2.73. The van der Waals surface area contributed by atoms with Crippen molar-refractivity contribution < 1.29 is 17.9 Å². The van der Waals surface area contributed by atoms with Gasteiger partial charge in [-0.2, -0.15) is 0 Å². The predicted octanol–water partition coefficient (Wildman–Crippen LogP) is 7.87. The molecule has 0 radical (unpaired) electrons. The van der Waals surface area contributed by atoms with Crippen LogP contribution in [0.3, 0.4) is 0 Å². The third-order valence-electron chi connectivity index (χ3n) is 9.27. The van der Waals surface area contributed by atoms with Gasteiger partial charge in [0.15, 0.2) is 10.9 Å². The van der Waals surface area contributed by atoms with E-state index in [9.17, 15) is 9.00 Å². The van der Waals surface area contributed by atoms with E-state index in [2.05, 4.69) is 31.7 Å². The number of amides is 1. The fourth-order valence-corrected chi connectivity index (χ4v) is 9.61. The van der Waals surface area contributed by atoms with Crippen LogP contribution in [-0.2, 0) is 9.71 Å². The van der Waals surface area contributed by atoms with Gasteiger partial charge < -0.3 is 9.42 Å².